The number of tetrazole rings is 1. The molecule has 1 amide bonds. The van der Waals surface area contributed by atoms with E-state index in [1.54, 1.807) is 17.7 Å². The average molecular weight is 338 g/mol. The maximum Gasteiger partial charge on any atom is 0.239 e. The first-order chi connectivity index (χ1) is 11.0. The number of hydrogen-bond acceptors (Lipinski definition) is 7. The minimum absolute atomic E-state index is 0.116. The number of nitrogens with one attached hydrogen (secondary N) is 1. The smallest absolute Gasteiger partial charge is 0.239 e. The van der Waals surface area contributed by atoms with E-state index in [1.807, 2.05) is 13.8 Å². The zero-order valence-corrected chi connectivity index (χ0v) is 14.6. The van der Waals surface area contributed by atoms with Gasteiger partial charge in [0, 0.05) is 6.07 Å². The van der Waals surface area contributed by atoms with Crippen molar-refractivity contribution in [2.24, 2.45) is 0 Å². The number of carbonyl (C=O) groups is 1. The topological polar surface area (TPSA) is 98.7 Å². The molecule has 1 N–H and O–H groups in total. The highest BCUT2D eigenvalue weighted by Gasteiger charge is 2.24. The second kappa shape index (κ2) is 8.09. The van der Waals surface area contributed by atoms with Gasteiger partial charge in [-0.15, -0.1) is 5.10 Å². The van der Waals surface area contributed by atoms with Crippen molar-refractivity contribution in [2.45, 2.75) is 63.4 Å². The van der Waals surface area contributed by atoms with Crippen molar-refractivity contribution in [3.63, 3.8) is 0 Å². The molecule has 0 saturated carbocycles. The Hall–Kier alpha value is -1.90. The Kier molecular flexibility index (Phi) is 6.14. The van der Waals surface area contributed by atoms with E-state index in [1.165, 1.54) is 11.8 Å². The van der Waals surface area contributed by atoms with Gasteiger partial charge in [0.25, 0.3) is 0 Å². The number of nitrogens with zero attached hydrogens (tertiary/aromatic N) is 5. The predicted molar refractivity (Wildman–Crippen MR) is 87.2 cm³/mol. The number of rotatable bonds is 8. The molecule has 0 aliphatic carbocycles. The van der Waals surface area contributed by atoms with Crippen molar-refractivity contribution in [1.29, 1.82) is 0 Å². The van der Waals surface area contributed by atoms with E-state index in [0.717, 1.165) is 19.3 Å². The summed E-state index contributed by atoms with van der Waals surface area (Å²) in [7, 11) is 0. The van der Waals surface area contributed by atoms with Crippen LogP contribution in [0.4, 0.5) is 5.82 Å². The van der Waals surface area contributed by atoms with Crippen molar-refractivity contribution in [3.05, 3.63) is 11.8 Å². The summed E-state index contributed by atoms with van der Waals surface area (Å²) in [4.78, 5) is 12.5. The van der Waals surface area contributed by atoms with Gasteiger partial charge in [-0.2, -0.15) is 0 Å². The molecular formula is C14H22N6O2S. The number of unbranched alkanes of at least 4 members (excludes halogenated alkanes) is 1. The second-order valence-corrected chi connectivity index (χ2v) is 6.73. The van der Waals surface area contributed by atoms with Crippen LogP contribution in [0, 0.1) is 6.92 Å². The fourth-order valence-corrected chi connectivity index (χ4v) is 3.12. The number of thioether (sulfide) groups is 1. The third-order valence-electron chi connectivity index (χ3n) is 3.19. The SMILES string of the molecule is CCCCC(Sc1nnnn1C(C)C)C(=O)Nc1cc(C)on1. The van der Waals surface area contributed by atoms with E-state index >= 15 is 0 Å². The van der Waals surface area contributed by atoms with Crippen molar-refractivity contribution in [3.8, 4) is 0 Å². The van der Waals surface area contributed by atoms with Gasteiger partial charge in [-0.25, -0.2) is 4.68 Å². The van der Waals surface area contributed by atoms with Crippen LogP contribution in [0.15, 0.2) is 15.7 Å². The molecule has 0 aliphatic rings. The molecular weight excluding hydrogens is 316 g/mol. The van der Waals surface area contributed by atoms with Crippen LogP contribution in [-0.2, 0) is 4.79 Å². The molecule has 0 fully saturated rings. The molecule has 2 aromatic heterocycles. The predicted octanol–water partition coefficient (Wildman–Crippen LogP) is 2.84. The third-order valence-corrected chi connectivity index (χ3v) is 4.40. The lowest BCUT2D eigenvalue weighted by molar-refractivity contribution is -0.115. The first-order valence-electron chi connectivity index (χ1n) is 7.70. The van der Waals surface area contributed by atoms with Gasteiger partial charge in [-0.3, -0.25) is 4.79 Å². The van der Waals surface area contributed by atoms with Gasteiger partial charge in [-0.1, -0.05) is 36.7 Å². The zero-order chi connectivity index (χ0) is 16.8. The fourth-order valence-electron chi connectivity index (χ4n) is 1.98. The Morgan fingerprint density at radius 1 is 1.48 bits per heavy atom. The van der Waals surface area contributed by atoms with Gasteiger partial charge in [0.15, 0.2) is 5.82 Å². The number of aryl methyl sites for hydroxylation is 1. The molecule has 23 heavy (non-hydrogen) atoms. The summed E-state index contributed by atoms with van der Waals surface area (Å²) in [6, 6.07) is 1.83. The minimum atomic E-state index is -0.282. The van der Waals surface area contributed by atoms with Gasteiger partial charge < -0.3 is 9.84 Å². The molecule has 0 saturated heterocycles. The summed E-state index contributed by atoms with van der Waals surface area (Å²) in [5.41, 5.74) is 0. The van der Waals surface area contributed by atoms with E-state index in [-0.39, 0.29) is 17.2 Å². The van der Waals surface area contributed by atoms with Crippen LogP contribution in [-0.4, -0.2) is 36.5 Å². The molecule has 0 spiro atoms. The summed E-state index contributed by atoms with van der Waals surface area (Å²) in [5.74, 6) is 0.968. The normalized spacial score (nSPS) is 12.6. The van der Waals surface area contributed by atoms with Crippen LogP contribution in [0.5, 0.6) is 0 Å². The number of hydrogen-bond donors (Lipinski definition) is 1. The third kappa shape index (κ3) is 4.78. The molecule has 0 radical (unpaired) electrons. The van der Waals surface area contributed by atoms with Crippen LogP contribution < -0.4 is 5.32 Å². The Morgan fingerprint density at radius 2 is 2.26 bits per heavy atom. The quantitative estimate of drug-likeness (QED) is 0.739. The molecule has 0 bridgehead atoms. The van der Waals surface area contributed by atoms with Gasteiger partial charge >= 0.3 is 0 Å². The van der Waals surface area contributed by atoms with Crippen molar-refractivity contribution >= 4 is 23.5 Å². The highest BCUT2D eigenvalue weighted by atomic mass is 32.2. The Balaban J connectivity index is 2.09. The Morgan fingerprint density at radius 3 is 2.87 bits per heavy atom. The summed E-state index contributed by atoms with van der Waals surface area (Å²) >= 11 is 1.38. The van der Waals surface area contributed by atoms with Crippen LogP contribution in [0.3, 0.4) is 0 Å². The van der Waals surface area contributed by atoms with E-state index < -0.39 is 0 Å². The maximum absolute atomic E-state index is 12.5. The molecule has 9 heteroatoms. The summed E-state index contributed by atoms with van der Waals surface area (Å²) < 4.78 is 6.69. The van der Waals surface area contributed by atoms with E-state index in [2.05, 4.69) is 32.9 Å². The van der Waals surface area contributed by atoms with Crippen molar-refractivity contribution < 1.29 is 9.32 Å². The van der Waals surface area contributed by atoms with Crippen LogP contribution in [0.2, 0.25) is 0 Å². The van der Waals surface area contributed by atoms with Gasteiger partial charge in [0.2, 0.25) is 11.1 Å². The minimum Gasteiger partial charge on any atom is -0.360 e. The lowest BCUT2D eigenvalue weighted by Crippen LogP contribution is -2.26. The molecule has 1 unspecified atom stereocenters. The molecule has 126 valence electrons. The number of amides is 1. The van der Waals surface area contributed by atoms with Crippen molar-refractivity contribution in [1.82, 2.24) is 25.4 Å². The highest BCUT2D eigenvalue weighted by Crippen LogP contribution is 2.27. The summed E-state index contributed by atoms with van der Waals surface area (Å²) in [6.07, 6.45) is 2.71. The van der Waals surface area contributed by atoms with Crippen LogP contribution in [0.1, 0.15) is 51.8 Å². The Labute approximate surface area is 139 Å². The monoisotopic (exact) mass is 338 g/mol. The molecule has 2 rings (SSSR count). The molecule has 8 nitrogen and oxygen atoms in total. The molecule has 1 atom stereocenters. The van der Waals surface area contributed by atoms with Gasteiger partial charge in [0.05, 0.1) is 11.3 Å². The molecule has 0 aliphatic heterocycles. The standard InChI is InChI=1S/C14H22N6O2S/c1-5-6-7-11(13(21)15-12-8-10(4)22-17-12)23-14-16-18-19-20(14)9(2)3/h8-9,11H,5-7H2,1-4H3,(H,15,17,21). The molecule has 2 heterocycles. The van der Waals surface area contributed by atoms with Gasteiger partial charge in [0.1, 0.15) is 5.76 Å². The van der Waals surface area contributed by atoms with E-state index in [4.69, 9.17) is 4.52 Å². The highest BCUT2D eigenvalue weighted by molar-refractivity contribution is 8.00. The number of anilines is 1. The van der Waals surface area contributed by atoms with E-state index in [0.29, 0.717) is 16.7 Å². The first kappa shape index (κ1) is 17.5. The second-order valence-electron chi connectivity index (χ2n) is 5.56. The van der Waals surface area contributed by atoms with E-state index in [9.17, 15) is 4.79 Å². The first-order valence-corrected chi connectivity index (χ1v) is 8.58. The van der Waals surface area contributed by atoms with Crippen LogP contribution in [0.25, 0.3) is 0 Å². The summed E-state index contributed by atoms with van der Waals surface area (Å²) in [6.45, 7) is 7.88. The molecule has 2 aromatic rings. The maximum atomic E-state index is 12.5. The lowest BCUT2D eigenvalue weighted by atomic mass is 10.2. The summed E-state index contributed by atoms with van der Waals surface area (Å²) in [5, 5.41) is 18.7. The van der Waals surface area contributed by atoms with Crippen LogP contribution >= 0.6 is 11.8 Å². The Bertz CT molecular complexity index is 639. The molecule has 0 aromatic carbocycles. The lowest BCUT2D eigenvalue weighted by Gasteiger charge is -2.15. The average Bonchev–Trinajstić information content (AvgIpc) is 3.12. The number of carbonyl (C=O) groups excluding carboxylic acids is 1. The van der Waals surface area contributed by atoms with Crippen molar-refractivity contribution in [2.75, 3.05) is 5.32 Å². The zero-order valence-electron chi connectivity index (χ0n) is 13.8. The largest absolute Gasteiger partial charge is 0.360 e. The van der Waals surface area contributed by atoms with Gasteiger partial charge in [-0.05, 0) is 37.6 Å². The number of aromatic nitrogens is 5. The fraction of sp³-hybridized carbons (Fsp3) is 0.643.